The van der Waals surface area contributed by atoms with E-state index in [4.69, 9.17) is 16.3 Å². The van der Waals surface area contributed by atoms with E-state index in [2.05, 4.69) is 15.9 Å². The van der Waals surface area contributed by atoms with E-state index in [0.29, 0.717) is 11.9 Å². The van der Waals surface area contributed by atoms with Crippen LogP contribution in [0.15, 0.2) is 24.3 Å². The highest BCUT2D eigenvalue weighted by molar-refractivity contribution is 6.31. The Morgan fingerprint density at radius 3 is 2.96 bits per heavy atom. The highest BCUT2D eigenvalue weighted by Crippen LogP contribution is 2.37. The minimum atomic E-state index is -0.0763. The molecule has 1 aromatic carbocycles. The Bertz CT molecular complexity index is 623. The van der Waals surface area contributed by atoms with Crippen LogP contribution in [0.25, 0.3) is 0 Å². The molecule has 130 valence electrons. The Labute approximate surface area is 148 Å². The van der Waals surface area contributed by atoms with Crippen molar-refractivity contribution in [3.8, 4) is 0 Å². The number of likely N-dealkylation sites (tertiary alicyclic amines) is 2. The Kier molecular flexibility index (Phi) is 4.54. The number of carbonyl (C=O) groups excluding carboxylic acids is 1. The summed E-state index contributed by atoms with van der Waals surface area (Å²) in [6.45, 7) is 4.55. The Hall–Kier alpha value is -1.10. The van der Waals surface area contributed by atoms with Crippen LogP contribution in [-0.2, 0) is 16.1 Å². The van der Waals surface area contributed by atoms with Crippen LogP contribution >= 0.6 is 11.6 Å². The second kappa shape index (κ2) is 6.66. The quantitative estimate of drug-likeness (QED) is 0.841. The smallest absolute Gasteiger partial charge is 0.222 e. The minimum absolute atomic E-state index is 0.0763. The Morgan fingerprint density at radius 1 is 1.29 bits per heavy atom. The molecule has 3 heterocycles. The van der Waals surface area contributed by atoms with Crippen LogP contribution in [0.3, 0.4) is 0 Å². The number of carbonyl (C=O) groups is 1. The molecule has 2 atom stereocenters. The van der Waals surface area contributed by atoms with Gasteiger partial charge in [-0.1, -0.05) is 29.8 Å². The number of nitrogens with zero attached hydrogens (tertiary/aromatic N) is 2. The molecule has 0 aliphatic carbocycles. The van der Waals surface area contributed by atoms with Gasteiger partial charge in [-0.2, -0.15) is 0 Å². The number of ether oxygens (including phenoxy) is 1. The molecule has 1 spiro atoms. The van der Waals surface area contributed by atoms with E-state index in [1.807, 2.05) is 18.2 Å². The summed E-state index contributed by atoms with van der Waals surface area (Å²) in [4.78, 5) is 16.6. The number of hydrogen-bond acceptors (Lipinski definition) is 3. The molecule has 0 N–H and O–H groups in total. The van der Waals surface area contributed by atoms with E-state index in [1.165, 1.54) is 5.56 Å². The van der Waals surface area contributed by atoms with E-state index < -0.39 is 0 Å². The van der Waals surface area contributed by atoms with E-state index in [1.54, 1.807) is 0 Å². The van der Waals surface area contributed by atoms with E-state index in [9.17, 15) is 4.79 Å². The number of benzene rings is 1. The average molecular weight is 349 g/mol. The maximum atomic E-state index is 12.1. The van der Waals surface area contributed by atoms with E-state index in [-0.39, 0.29) is 5.60 Å². The van der Waals surface area contributed by atoms with Crippen LogP contribution < -0.4 is 0 Å². The lowest BCUT2D eigenvalue weighted by atomic mass is 9.89. The molecule has 3 fully saturated rings. The predicted octanol–water partition coefficient (Wildman–Crippen LogP) is 3.09. The summed E-state index contributed by atoms with van der Waals surface area (Å²) in [5.41, 5.74) is 1.10. The second-order valence-electron chi connectivity index (χ2n) is 7.42. The van der Waals surface area contributed by atoms with E-state index in [0.717, 1.165) is 69.9 Å². The maximum absolute atomic E-state index is 12.1. The SMILES string of the molecule is O=C1CCCN1[C@H]1CCO[C@@]2(CCN(Cc3ccccc3Cl)C2)C1. The van der Waals surface area contributed by atoms with Crippen molar-refractivity contribution in [1.29, 1.82) is 0 Å². The predicted molar refractivity (Wildman–Crippen MR) is 94.0 cm³/mol. The molecule has 1 aromatic rings. The molecule has 5 heteroatoms. The summed E-state index contributed by atoms with van der Waals surface area (Å²) in [6.07, 6.45) is 4.76. The third-order valence-corrected chi connectivity index (χ3v) is 6.13. The third kappa shape index (κ3) is 3.19. The van der Waals surface area contributed by atoms with Crippen LogP contribution in [-0.4, -0.2) is 53.6 Å². The van der Waals surface area contributed by atoms with Gasteiger partial charge in [0.05, 0.1) is 5.60 Å². The molecule has 4 rings (SSSR count). The minimum Gasteiger partial charge on any atom is -0.373 e. The molecule has 3 saturated heterocycles. The Balaban J connectivity index is 1.41. The molecular weight excluding hydrogens is 324 g/mol. The van der Waals surface area contributed by atoms with Crippen molar-refractivity contribution in [3.63, 3.8) is 0 Å². The molecule has 0 bridgehead atoms. The van der Waals surface area contributed by atoms with Gasteiger partial charge in [0.1, 0.15) is 0 Å². The van der Waals surface area contributed by atoms with Crippen molar-refractivity contribution in [2.75, 3.05) is 26.2 Å². The van der Waals surface area contributed by atoms with Crippen molar-refractivity contribution >= 4 is 17.5 Å². The first-order valence-electron chi connectivity index (χ1n) is 9.04. The van der Waals surface area contributed by atoms with Crippen molar-refractivity contribution in [3.05, 3.63) is 34.9 Å². The standard InChI is InChI=1S/C19H25ClN2O2/c20-17-5-2-1-4-15(17)13-21-10-8-19(14-21)12-16(7-11-24-19)22-9-3-6-18(22)23/h1-2,4-5,16H,3,6-14H2/t16-,19-/m0/s1. The van der Waals surface area contributed by atoms with E-state index >= 15 is 0 Å². The van der Waals surface area contributed by atoms with Crippen molar-refractivity contribution < 1.29 is 9.53 Å². The van der Waals surface area contributed by atoms with Gasteiger partial charge in [0.15, 0.2) is 0 Å². The number of amides is 1. The highest BCUT2D eigenvalue weighted by atomic mass is 35.5. The van der Waals surface area contributed by atoms with Crippen LogP contribution in [0, 0.1) is 0 Å². The summed E-state index contributed by atoms with van der Waals surface area (Å²) in [6, 6.07) is 8.43. The van der Waals surface area contributed by atoms with Gasteiger partial charge < -0.3 is 9.64 Å². The van der Waals surface area contributed by atoms with Gasteiger partial charge in [0.25, 0.3) is 0 Å². The second-order valence-corrected chi connectivity index (χ2v) is 7.83. The monoisotopic (exact) mass is 348 g/mol. The molecule has 0 saturated carbocycles. The molecule has 0 unspecified atom stereocenters. The molecule has 0 aromatic heterocycles. The molecular formula is C19H25ClN2O2. The zero-order valence-electron chi connectivity index (χ0n) is 14.0. The van der Waals surface area contributed by atoms with Gasteiger partial charge in [0.2, 0.25) is 5.91 Å². The van der Waals surface area contributed by atoms with Crippen molar-refractivity contribution in [2.45, 2.75) is 50.3 Å². The van der Waals surface area contributed by atoms with Gasteiger partial charge in [0, 0.05) is 50.3 Å². The van der Waals surface area contributed by atoms with Crippen molar-refractivity contribution in [2.24, 2.45) is 0 Å². The lowest BCUT2D eigenvalue weighted by Gasteiger charge is -2.41. The van der Waals surface area contributed by atoms with Gasteiger partial charge in [-0.15, -0.1) is 0 Å². The lowest BCUT2D eigenvalue weighted by Crippen LogP contribution is -2.50. The zero-order valence-corrected chi connectivity index (χ0v) is 14.8. The summed E-state index contributed by atoms with van der Waals surface area (Å²) < 4.78 is 6.24. The van der Waals surface area contributed by atoms with Crippen LogP contribution in [0.2, 0.25) is 5.02 Å². The molecule has 24 heavy (non-hydrogen) atoms. The first-order chi connectivity index (χ1) is 11.7. The van der Waals surface area contributed by atoms with Crippen molar-refractivity contribution in [1.82, 2.24) is 9.80 Å². The fraction of sp³-hybridized carbons (Fsp3) is 0.632. The lowest BCUT2D eigenvalue weighted by molar-refractivity contribution is -0.137. The average Bonchev–Trinajstić information content (AvgIpc) is 3.17. The Morgan fingerprint density at radius 2 is 2.17 bits per heavy atom. The number of rotatable bonds is 3. The van der Waals surface area contributed by atoms with Gasteiger partial charge >= 0.3 is 0 Å². The first kappa shape index (κ1) is 16.4. The molecule has 0 radical (unpaired) electrons. The fourth-order valence-electron chi connectivity index (χ4n) is 4.54. The van der Waals surface area contributed by atoms with Crippen LogP contribution in [0.5, 0.6) is 0 Å². The fourth-order valence-corrected chi connectivity index (χ4v) is 4.73. The van der Waals surface area contributed by atoms with Gasteiger partial charge in [-0.3, -0.25) is 9.69 Å². The maximum Gasteiger partial charge on any atom is 0.222 e. The zero-order chi connectivity index (χ0) is 16.6. The topological polar surface area (TPSA) is 32.8 Å². The normalized spacial score (nSPS) is 31.3. The summed E-state index contributed by atoms with van der Waals surface area (Å²) >= 11 is 6.30. The largest absolute Gasteiger partial charge is 0.373 e. The summed E-state index contributed by atoms with van der Waals surface area (Å²) in [5.74, 6) is 0.336. The molecule has 1 amide bonds. The summed E-state index contributed by atoms with van der Waals surface area (Å²) in [5, 5.41) is 0.837. The van der Waals surface area contributed by atoms with Gasteiger partial charge in [-0.05, 0) is 37.3 Å². The highest BCUT2D eigenvalue weighted by Gasteiger charge is 2.45. The third-order valence-electron chi connectivity index (χ3n) is 5.76. The molecule has 3 aliphatic rings. The molecule has 3 aliphatic heterocycles. The van der Waals surface area contributed by atoms with Crippen LogP contribution in [0.4, 0.5) is 0 Å². The number of hydrogen-bond donors (Lipinski definition) is 0. The number of halogens is 1. The molecule has 4 nitrogen and oxygen atoms in total. The first-order valence-corrected chi connectivity index (χ1v) is 9.42. The van der Waals surface area contributed by atoms with Crippen LogP contribution in [0.1, 0.15) is 37.7 Å². The van der Waals surface area contributed by atoms with Gasteiger partial charge in [-0.25, -0.2) is 0 Å². The summed E-state index contributed by atoms with van der Waals surface area (Å²) in [7, 11) is 0.